The second-order valence-corrected chi connectivity index (χ2v) is 11.1. The highest BCUT2D eigenvalue weighted by Crippen LogP contribution is 2.33. The van der Waals surface area contributed by atoms with Gasteiger partial charge in [0.2, 0.25) is 0 Å². The van der Waals surface area contributed by atoms with Gasteiger partial charge in [-0.15, -0.1) is 0 Å². The third-order valence-corrected chi connectivity index (χ3v) is 7.93. The molecule has 2 fully saturated rings. The van der Waals surface area contributed by atoms with Crippen LogP contribution in [0.2, 0.25) is 15.1 Å². The Bertz CT molecular complexity index is 1190. The van der Waals surface area contributed by atoms with Gasteiger partial charge in [-0.3, -0.25) is 14.5 Å². The fourth-order valence-corrected chi connectivity index (χ4v) is 5.66. The number of nitrogens with zero attached hydrogens (tertiary/aromatic N) is 2. The Labute approximate surface area is 248 Å². The third-order valence-electron chi connectivity index (χ3n) is 7.05. The Morgan fingerprint density at radius 2 is 1.74 bits per heavy atom. The lowest BCUT2D eigenvalue weighted by atomic mass is 9.92. The number of amides is 2. The standard InChI is InChI=1S/C26H29Cl3F2N4O3.H2S/c1-26(38,20-10-15(27)2-5-21(20)28)25(37)34-8-6-18(7-9-34)35-13-17(14-35)33-16-3-4-19(22(29)11-16)24(36)32-12-23(30)31;/h2-5,10-11,17-18,23,33,38H,6-9,12-14H2,1H3,(H,32,36);1H2/t26-;/m0./s1. The van der Waals surface area contributed by atoms with Crippen molar-refractivity contribution in [3.63, 3.8) is 0 Å². The average Bonchev–Trinajstić information content (AvgIpc) is 2.85. The predicted octanol–water partition coefficient (Wildman–Crippen LogP) is 4.75. The summed E-state index contributed by atoms with van der Waals surface area (Å²) in [5.41, 5.74) is -0.600. The van der Waals surface area contributed by atoms with Crippen molar-refractivity contribution in [2.75, 3.05) is 38.0 Å². The minimum absolute atomic E-state index is 0. The molecule has 0 saturated carbocycles. The molecule has 2 aliphatic heterocycles. The zero-order chi connectivity index (χ0) is 27.6. The minimum atomic E-state index is -2.63. The Kier molecular flexibility index (Phi) is 10.8. The number of anilines is 1. The molecule has 39 heavy (non-hydrogen) atoms. The number of rotatable bonds is 8. The summed E-state index contributed by atoms with van der Waals surface area (Å²) < 4.78 is 24.6. The first-order chi connectivity index (χ1) is 18.0. The van der Waals surface area contributed by atoms with E-state index in [0.717, 1.165) is 31.6 Å². The van der Waals surface area contributed by atoms with Gasteiger partial charge in [0.15, 0.2) is 5.60 Å². The Balaban J connectivity index is 0.00000420. The van der Waals surface area contributed by atoms with Gasteiger partial charge in [-0.2, -0.15) is 13.5 Å². The topological polar surface area (TPSA) is 84.9 Å². The molecule has 2 aromatic rings. The molecule has 0 bridgehead atoms. The molecule has 0 radical (unpaired) electrons. The monoisotopic (exact) mass is 622 g/mol. The number of aliphatic hydroxyl groups is 1. The fourth-order valence-electron chi connectivity index (χ4n) is 4.92. The Morgan fingerprint density at radius 1 is 1.08 bits per heavy atom. The average molecular weight is 624 g/mol. The van der Waals surface area contributed by atoms with Crippen LogP contribution in [0.25, 0.3) is 0 Å². The highest BCUT2D eigenvalue weighted by molar-refractivity contribution is 7.59. The van der Waals surface area contributed by atoms with E-state index in [1.54, 1.807) is 29.2 Å². The number of benzene rings is 2. The van der Waals surface area contributed by atoms with Crippen LogP contribution in [0.1, 0.15) is 35.7 Å². The summed E-state index contributed by atoms with van der Waals surface area (Å²) in [6, 6.07) is 10.0. The van der Waals surface area contributed by atoms with Gasteiger partial charge in [-0.1, -0.05) is 34.8 Å². The van der Waals surface area contributed by atoms with E-state index in [9.17, 15) is 23.5 Å². The number of alkyl halides is 2. The maximum absolute atomic E-state index is 13.1. The largest absolute Gasteiger partial charge is 0.380 e. The van der Waals surface area contributed by atoms with Gasteiger partial charge >= 0.3 is 0 Å². The number of carbonyl (C=O) groups excluding carboxylic acids is 2. The summed E-state index contributed by atoms with van der Waals surface area (Å²) in [5.74, 6) is -1.04. The zero-order valence-corrected chi connectivity index (χ0v) is 24.5. The van der Waals surface area contributed by atoms with Gasteiger partial charge in [0.25, 0.3) is 18.2 Å². The van der Waals surface area contributed by atoms with Crippen LogP contribution in [0.5, 0.6) is 0 Å². The molecule has 214 valence electrons. The fraction of sp³-hybridized carbons (Fsp3) is 0.462. The molecule has 2 amide bonds. The van der Waals surface area contributed by atoms with E-state index >= 15 is 0 Å². The molecule has 0 unspecified atom stereocenters. The van der Waals surface area contributed by atoms with Gasteiger partial charge in [0.05, 0.1) is 23.2 Å². The molecule has 0 spiro atoms. The van der Waals surface area contributed by atoms with Crippen molar-refractivity contribution >= 4 is 65.8 Å². The number of piperidine rings is 1. The summed E-state index contributed by atoms with van der Waals surface area (Å²) >= 11 is 18.5. The van der Waals surface area contributed by atoms with E-state index in [1.807, 2.05) is 0 Å². The summed E-state index contributed by atoms with van der Waals surface area (Å²) in [6.07, 6.45) is -1.06. The maximum atomic E-state index is 13.1. The van der Waals surface area contributed by atoms with Crippen LogP contribution in [0.4, 0.5) is 14.5 Å². The lowest BCUT2D eigenvalue weighted by Crippen LogP contribution is -2.61. The first kappa shape index (κ1) is 31.7. The second-order valence-electron chi connectivity index (χ2n) is 9.81. The highest BCUT2D eigenvalue weighted by Gasteiger charge is 2.41. The number of likely N-dealkylation sites (tertiary alicyclic amines) is 2. The molecular formula is C26H31Cl3F2N4O3S. The summed E-state index contributed by atoms with van der Waals surface area (Å²) in [7, 11) is 0. The molecule has 4 rings (SSSR count). The number of halogens is 5. The van der Waals surface area contributed by atoms with Crippen LogP contribution in [0.15, 0.2) is 36.4 Å². The van der Waals surface area contributed by atoms with Gasteiger partial charge in [0, 0.05) is 53.5 Å². The van der Waals surface area contributed by atoms with E-state index in [0.29, 0.717) is 24.2 Å². The van der Waals surface area contributed by atoms with Crippen molar-refractivity contribution < 1.29 is 23.5 Å². The molecule has 0 aromatic heterocycles. The van der Waals surface area contributed by atoms with E-state index in [2.05, 4.69) is 15.5 Å². The molecule has 0 aliphatic carbocycles. The van der Waals surface area contributed by atoms with Crippen LogP contribution >= 0.6 is 48.3 Å². The van der Waals surface area contributed by atoms with Crippen LogP contribution in [0, 0.1) is 0 Å². The lowest BCUT2D eigenvalue weighted by Gasteiger charge is -2.48. The smallest absolute Gasteiger partial charge is 0.258 e. The molecule has 2 saturated heterocycles. The number of hydrogen-bond donors (Lipinski definition) is 3. The van der Waals surface area contributed by atoms with Crippen molar-refractivity contribution in [3.8, 4) is 0 Å². The second kappa shape index (κ2) is 13.2. The van der Waals surface area contributed by atoms with E-state index in [1.165, 1.54) is 19.1 Å². The number of nitrogens with one attached hydrogen (secondary N) is 2. The van der Waals surface area contributed by atoms with Crippen molar-refractivity contribution in [2.45, 2.75) is 43.9 Å². The summed E-state index contributed by atoms with van der Waals surface area (Å²) in [5, 5.41) is 17.4. The van der Waals surface area contributed by atoms with Crippen LogP contribution in [-0.4, -0.2) is 78.0 Å². The first-order valence-corrected chi connectivity index (χ1v) is 13.4. The zero-order valence-electron chi connectivity index (χ0n) is 21.2. The van der Waals surface area contributed by atoms with Gasteiger partial charge in [-0.05, 0) is 56.2 Å². The molecule has 1 atom stereocenters. The highest BCUT2D eigenvalue weighted by atomic mass is 35.5. The molecule has 2 aromatic carbocycles. The van der Waals surface area contributed by atoms with E-state index in [4.69, 9.17) is 34.8 Å². The number of carbonyl (C=O) groups is 2. The van der Waals surface area contributed by atoms with E-state index < -0.39 is 30.4 Å². The predicted molar refractivity (Wildman–Crippen MR) is 155 cm³/mol. The van der Waals surface area contributed by atoms with Crippen LogP contribution in [0.3, 0.4) is 0 Å². The van der Waals surface area contributed by atoms with E-state index in [-0.39, 0.29) is 40.7 Å². The first-order valence-electron chi connectivity index (χ1n) is 12.3. The summed E-state index contributed by atoms with van der Waals surface area (Å²) in [6.45, 7) is 3.38. The molecule has 2 aliphatic rings. The molecule has 3 N–H and O–H groups in total. The maximum Gasteiger partial charge on any atom is 0.258 e. The van der Waals surface area contributed by atoms with Gasteiger partial charge < -0.3 is 20.6 Å². The molecular weight excluding hydrogens is 593 g/mol. The normalized spacial score (nSPS) is 18.2. The summed E-state index contributed by atoms with van der Waals surface area (Å²) in [4.78, 5) is 29.2. The molecule has 13 heteroatoms. The van der Waals surface area contributed by atoms with Crippen molar-refractivity contribution in [2.24, 2.45) is 0 Å². The van der Waals surface area contributed by atoms with Gasteiger partial charge in [0.1, 0.15) is 0 Å². The van der Waals surface area contributed by atoms with Crippen molar-refractivity contribution in [1.29, 1.82) is 0 Å². The van der Waals surface area contributed by atoms with Crippen LogP contribution < -0.4 is 10.6 Å². The SMILES string of the molecule is C[C@@](O)(C(=O)N1CCC(N2CC(Nc3ccc(C(=O)NCC(F)F)c(Cl)c3)C2)CC1)c1cc(Cl)ccc1Cl.S. The Hall–Kier alpha value is -1.82. The Morgan fingerprint density at radius 3 is 2.36 bits per heavy atom. The van der Waals surface area contributed by atoms with Crippen molar-refractivity contribution in [1.82, 2.24) is 15.1 Å². The lowest BCUT2D eigenvalue weighted by molar-refractivity contribution is -0.152. The number of hydrogen-bond acceptors (Lipinski definition) is 5. The molecule has 2 heterocycles. The third kappa shape index (κ3) is 7.48. The minimum Gasteiger partial charge on any atom is -0.380 e. The van der Waals surface area contributed by atoms with Crippen LogP contribution in [-0.2, 0) is 10.4 Å². The van der Waals surface area contributed by atoms with Crippen molar-refractivity contribution in [3.05, 3.63) is 62.6 Å². The molecule has 7 nitrogen and oxygen atoms in total. The quantitative estimate of drug-likeness (QED) is 0.395. The van der Waals surface area contributed by atoms with Gasteiger partial charge in [-0.25, -0.2) is 8.78 Å².